The maximum atomic E-state index is 5.93. The van der Waals surface area contributed by atoms with Crippen molar-refractivity contribution in [3.8, 4) is 0 Å². The van der Waals surface area contributed by atoms with Gasteiger partial charge in [0, 0.05) is 24.8 Å². The van der Waals surface area contributed by atoms with E-state index in [1.807, 2.05) is 13.0 Å². The molecule has 1 fully saturated rings. The van der Waals surface area contributed by atoms with E-state index in [1.165, 1.54) is 6.42 Å². The molecule has 1 aliphatic heterocycles. The van der Waals surface area contributed by atoms with Crippen molar-refractivity contribution in [2.45, 2.75) is 37.3 Å². The van der Waals surface area contributed by atoms with E-state index in [4.69, 9.17) is 16.3 Å². The van der Waals surface area contributed by atoms with Crippen molar-refractivity contribution in [1.29, 1.82) is 0 Å². The molecule has 0 saturated carbocycles. The number of hydrogen-bond donors (Lipinski definition) is 0. The van der Waals surface area contributed by atoms with Gasteiger partial charge in [-0.2, -0.15) is 0 Å². The summed E-state index contributed by atoms with van der Waals surface area (Å²) >= 11 is 7.63. The highest BCUT2D eigenvalue weighted by atomic mass is 35.5. The van der Waals surface area contributed by atoms with Crippen molar-refractivity contribution < 1.29 is 4.74 Å². The van der Waals surface area contributed by atoms with Crippen molar-refractivity contribution in [3.05, 3.63) is 17.0 Å². The second kappa shape index (κ2) is 5.84. The smallest absolute Gasteiger partial charge is 0.133 e. The van der Waals surface area contributed by atoms with E-state index in [0.717, 1.165) is 36.1 Å². The van der Waals surface area contributed by atoms with Crippen LogP contribution in [0.3, 0.4) is 0 Å². The van der Waals surface area contributed by atoms with Crippen molar-refractivity contribution in [3.63, 3.8) is 0 Å². The number of thioether (sulfide) groups is 1. The summed E-state index contributed by atoms with van der Waals surface area (Å²) in [5.74, 6) is 1.76. The van der Waals surface area contributed by atoms with Crippen LogP contribution in [0.4, 0.5) is 0 Å². The fourth-order valence-corrected chi connectivity index (χ4v) is 2.88. The highest BCUT2D eigenvalue weighted by molar-refractivity contribution is 7.99. The lowest BCUT2D eigenvalue weighted by molar-refractivity contribution is 0.129. The molecule has 2 rings (SSSR count). The molecule has 0 aliphatic carbocycles. The van der Waals surface area contributed by atoms with Gasteiger partial charge in [-0.05, 0) is 12.8 Å². The van der Waals surface area contributed by atoms with Gasteiger partial charge in [0.05, 0.1) is 6.10 Å². The lowest BCUT2D eigenvalue weighted by Crippen LogP contribution is -2.08. The molecule has 0 spiro atoms. The average molecular weight is 259 g/mol. The minimum atomic E-state index is 0.379. The monoisotopic (exact) mass is 258 g/mol. The third kappa shape index (κ3) is 3.34. The summed E-state index contributed by atoms with van der Waals surface area (Å²) in [6, 6.07) is 1.82. The fraction of sp³-hybridized carbons (Fsp3) is 0.636. The van der Waals surface area contributed by atoms with Crippen LogP contribution in [0.25, 0.3) is 0 Å². The van der Waals surface area contributed by atoms with Crippen LogP contribution in [0.15, 0.2) is 11.1 Å². The largest absolute Gasteiger partial charge is 0.377 e. The molecular weight excluding hydrogens is 244 g/mol. The van der Waals surface area contributed by atoms with Gasteiger partial charge in [0.2, 0.25) is 0 Å². The van der Waals surface area contributed by atoms with Gasteiger partial charge in [-0.15, -0.1) is 11.8 Å². The summed E-state index contributed by atoms with van der Waals surface area (Å²) < 4.78 is 5.56. The molecule has 2 heterocycles. The fourth-order valence-electron chi connectivity index (χ4n) is 1.63. The molecule has 1 aliphatic rings. The minimum Gasteiger partial charge on any atom is -0.377 e. The maximum absolute atomic E-state index is 5.93. The van der Waals surface area contributed by atoms with E-state index >= 15 is 0 Å². The van der Waals surface area contributed by atoms with Gasteiger partial charge in [-0.3, -0.25) is 0 Å². The summed E-state index contributed by atoms with van der Waals surface area (Å²) in [5, 5.41) is 1.48. The summed E-state index contributed by atoms with van der Waals surface area (Å²) in [6.07, 6.45) is 3.53. The Balaban J connectivity index is 1.94. The van der Waals surface area contributed by atoms with Gasteiger partial charge in [0.15, 0.2) is 0 Å². The summed E-state index contributed by atoms with van der Waals surface area (Å²) in [4.78, 5) is 8.57. The van der Waals surface area contributed by atoms with Crippen molar-refractivity contribution in [1.82, 2.24) is 9.97 Å². The highest BCUT2D eigenvalue weighted by Crippen LogP contribution is 2.24. The average Bonchev–Trinajstić information content (AvgIpc) is 2.78. The van der Waals surface area contributed by atoms with E-state index < -0.39 is 0 Å². The molecule has 0 aromatic carbocycles. The van der Waals surface area contributed by atoms with Crippen LogP contribution in [0.1, 0.15) is 25.6 Å². The standard InChI is InChI=1S/C11H15ClN2OS/c1-2-10-13-9(12)6-11(14-10)16-7-8-4-3-5-15-8/h6,8H,2-5,7H2,1H3. The van der Waals surface area contributed by atoms with Gasteiger partial charge in [0.25, 0.3) is 0 Å². The number of halogens is 1. The number of rotatable bonds is 4. The summed E-state index contributed by atoms with van der Waals surface area (Å²) in [6.45, 7) is 2.93. The van der Waals surface area contributed by atoms with Crippen LogP contribution >= 0.6 is 23.4 Å². The normalized spacial score (nSPS) is 20.2. The first-order valence-electron chi connectivity index (χ1n) is 5.56. The first kappa shape index (κ1) is 12.1. The molecule has 0 bridgehead atoms. The maximum Gasteiger partial charge on any atom is 0.133 e. The summed E-state index contributed by atoms with van der Waals surface area (Å²) in [7, 11) is 0. The molecule has 0 amide bonds. The number of nitrogens with zero attached hydrogens (tertiary/aromatic N) is 2. The van der Waals surface area contributed by atoms with Gasteiger partial charge in [-0.25, -0.2) is 9.97 Å². The number of hydrogen-bond acceptors (Lipinski definition) is 4. The van der Waals surface area contributed by atoms with Gasteiger partial charge < -0.3 is 4.74 Å². The van der Waals surface area contributed by atoms with Gasteiger partial charge >= 0.3 is 0 Å². The van der Waals surface area contributed by atoms with E-state index in [1.54, 1.807) is 11.8 Å². The Hall–Kier alpha value is -0.320. The molecule has 1 aromatic heterocycles. The van der Waals surface area contributed by atoms with E-state index in [2.05, 4.69) is 9.97 Å². The van der Waals surface area contributed by atoms with Crippen molar-refractivity contribution in [2.75, 3.05) is 12.4 Å². The molecular formula is C11H15ClN2OS. The van der Waals surface area contributed by atoms with Crippen molar-refractivity contribution in [2.24, 2.45) is 0 Å². The Bertz CT molecular complexity index is 356. The number of aromatic nitrogens is 2. The molecule has 88 valence electrons. The Morgan fingerprint density at radius 1 is 1.56 bits per heavy atom. The molecule has 0 radical (unpaired) electrons. The van der Waals surface area contributed by atoms with E-state index in [0.29, 0.717) is 11.3 Å². The molecule has 1 unspecified atom stereocenters. The number of ether oxygens (including phenoxy) is 1. The van der Waals surface area contributed by atoms with Gasteiger partial charge in [0.1, 0.15) is 16.0 Å². The lowest BCUT2D eigenvalue weighted by Gasteiger charge is -2.08. The Kier molecular flexibility index (Phi) is 4.44. The van der Waals surface area contributed by atoms with Crippen LogP contribution in [0, 0.1) is 0 Å². The van der Waals surface area contributed by atoms with Crippen LogP contribution in [-0.4, -0.2) is 28.4 Å². The zero-order valence-electron chi connectivity index (χ0n) is 9.28. The predicted molar refractivity (Wildman–Crippen MR) is 66.1 cm³/mol. The SMILES string of the molecule is CCc1nc(Cl)cc(SCC2CCCO2)n1. The first-order valence-corrected chi connectivity index (χ1v) is 6.92. The molecule has 1 saturated heterocycles. The van der Waals surface area contributed by atoms with Gasteiger partial charge in [-0.1, -0.05) is 18.5 Å². The minimum absolute atomic E-state index is 0.379. The Morgan fingerprint density at radius 2 is 2.44 bits per heavy atom. The third-order valence-electron chi connectivity index (χ3n) is 2.48. The second-order valence-corrected chi connectivity index (χ2v) is 5.17. The van der Waals surface area contributed by atoms with Crippen LogP contribution < -0.4 is 0 Å². The molecule has 0 N–H and O–H groups in total. The molecule has 5 heteroatoms. The third-order valence-corrected chi connectivity index (χ3v) is 3.71. The zero-order valence-corrected chi connectivity index (χ0v) is 10.9. The topological polar surface area (TPSA) is 35.0 Å². The second-order valence-electron chi connectivity index (χ2n) is 3.74. The molecule has 3 nitrogen and oxygen atoms in total. The zero-order chi connectivity index (χ0) is 11.4. The Labute approximate surface area is 105 Å². The lowest BCUT2D eigenvalue weighted by atomic mass is 10.3. The molecule has 16 heavy (non-hydrogen) atoms. The Morgan fingerprint density at radius 3 is 3.12 bits per heavy atom. The van der Waals surface area contributed by atoms with E-state index in [-0.39, 0.29) is 0 Å². The van der Waals surface area contributed by atoms with Crippen LogP contribution in [0.2, 0.25) is 5.15 Å². The predicted octanol–water partition coefficient (Wildman–Crippen LogP) is 2.96. The molecule has 1 atom stereocenters. The highest BCUT2D eigenvalue weighted by Gasteiger charge is 2.16. The number of aryl methyl sites for hydroxylation is 1. The quantitative estimate of drug-likeness (QED) is 0.614. The van der Waals surface area contributed by atoms with Crippen molar-refractivity contribution >= 4 is 23.4 Å². The van der Waals surface area contributed by atoms with Crippen LogP contribution in [0.5, 0.6) is 0 Å². The van der Waals surface area contributed by atoms with E-state index in [9.17, 15) is 0 Å². The first-order chi connectivity index (χ1) is 7.78. The van der Waals surface area contributed by atoms with Crippen LogP contribution in [-0.2, 0) is 11.2 Å². The molecule has 1 aromatic rings. The summed E-state index contributed by atoms with van der Waals surface area (Å²) in [5.41, 5.74) is 0.